The van der Waals surface area contributed by atoms with Crippen LogP contribution in [0.1, 0.15) is 26.5 Å². The molecule has 1 rings (SSSR count). The van der Waals surface area contributed by atoms with Crippen molar-refractivity contribution in [2.75, 3.05) is 13.7 Å². The van der Waals surface area contributed by atoms with Gasteiger partial charge >= 0.3 is 5.97 Å². The van der Waals surface area contributed by atoms with E-state index in [1.165, 1.54) is 7.11 Å². The summed E-state index contributed by atoms with van der Waals surface area (Å²) in [7, 11) is 1.34. The Balaban J connectivity index is 2.56. The van der Waals surface area contributed by atoms with Crippen molar-refractivity contribution in [1.29, 1.82) is 0 Å². The predicted octanol–water partition coefficient (Wildman–Crippen LogP) is 1.17. The van der Waals surface area contributed by atoms with E-state index >= 15 is 0 Å². The van der Waals surface area contributed by atoms with Crippen molar-refractivity contribution in [3.8, 4) is 0 Å². The van der Waals surface area contributed by atoms with Gasteiger partial charge in [-0.05, 0) is 32.9 Å². The summed E-state index contributed by atoms with van der Waals surface area (Å²) in [5.74, 6) is 0.179. The highest BCUT2D eigenvalue weighted by Crippen LogP contribution is 2.07. The molecule has 1 atom stereocenters. The lowest BCUT2D eigenvalue weighted by Gasteiger charge is -2.30. The Morgan fingerprint density at radius 1 is 1.40 bits per heavy atom. The van der Waals surface area contributed by atoms with E-state index in [2.05, 4.69) is 10.1 Å². The minimum absolute atomic E-state index is 0.0541. The van der Waals surface area contributed by atoms with Gasteiger partial charge in [0.1, 0.15) is 5.76 Å². The van der Waals surface area contributed by atoms with Crippen LogP contribution in [0.4, 0.5) is 0 Å². The molecule has 0 aromatic carbocycles. The van der Waals surface area contributed by atoms with E-state index in [0.717, 1.165) is 0 Å². The summed E-state index contributed by atoms with van der Waals surface area (Å²) in [6, 6.07) is 3.19. The van der Waals surface area contributed by atoms with Gasteiger partial charge in [0.05, 0.1) is 32.5 Å². The number of amides is 1. The Hall–Kier alpha value is -1.82. The van der Waals surface area contributed by atoms with Crippen LogP contribution in [0, 0.1) is 0 Å². The molecule has 1 aromatic rings. The summed E-state index contributed by atoms with van der Waals surface area (Å²) in [4.78, 5) is 25.3. The first-order valence-electron chi connectivity index (χ1n) is 6.58. The van der Waals surface area contributed by atoms with E-state index in [-0.39, 0.29) is 24.5 Å². The number of nitrogens with zero attached hydrogens (tertiary/aromatic N) is 1. The zero-order chi connectivity index (χ0) is 15.1. The molecule has 1 N–H and O–H groups in total. The zero-order valence-electron chi connectivity index (χ0n) is 12.4. The van der Waals surface area contributed by atoms with Gasteiger partial charge in [0.15, 0.2) is 0 Å². The molecule has 0 bridgehead atoms. The number of carbonyl (C=O) groups is 2. The fourth-order valence-corrected chi connectivity index (χ4v) is 1.87. The molecule has 0 fully saturated rings. The molecule has 0 saturated carbocycles. The molecule has 0 saturated heterocycles. The summed E-state index contributed by atoms with van der Waals surface area (Å²) in [5, 5.41) is 2.78. The largest absolute Gasteiger partial charge is 0.468 e. The van der Waals surface area contributed by atoms with Gasteiger partial charge in [0.25, 0.3) is 0 Å². The summed E-state index contributed by atoms with van der Waals surface area (Å²) in [5.41, 5.74) is 0. The lowest BCUT2D eigenvalue weighted by molar-refractivity contribution is -0.144. The van der Waals surface area contributed by atoms with Gasteiger partial charge in [-0.15, -0.1) is 0 Å². The molecule has 6 heteroatoms. The molecule has 0 aliphatic heterocycles. The summed E-state index contributed by atoms with van der Waals surface area (Å²) in [6.07, 6.45) is 1.56. The molecule has 20 heavy (non-hydrogen) atoms. The lowest BCUT2D eigenvalue weighted by atomic mass is 10.2. The van der Waals surface area contributed by atoms with Crippen LogP contribution in [0.15, 0.2) is 22.8 Å². The van der Waals surface area contributed by atoms with E-state index in [1.807, 2.05) is 13.8 Å². The second-order valence-electron chi connectivity index (χ2n) is 4.82. The fraction of sp³-hybridized carbons (Fsp3) is 0.571. The number of hydrogen-bond acceptors (Lipinski definition) is 5. The van der Waals surface area contributed by atoms with Crippen LogP contribution < -0.4 is 5.32 Å². The highest BCUT2D eigenvalue weighted by molar-refractivity contribution is 5.82. The van der Waals surface area contributed by atoms with E-state index in [4.69, 9.17) is 4.42 Å². The number of carbonyl (C=O) groups excluding carboxylic acids is 2. The first-order valence-corrected chi connectivity index (χ1v) is 6.58. The first-order chi connectivity index (χ1) is 9.45. The number of rotatable bonds is 7. The second kappa shape index (κ2) is 7.69. The van der Waals surface area contributed by atoms with Crippen molar-refractivity contribution < 1.29 is 18.7 Å². The number of hydrogen-bond donors (Lipinski definition) is 1. The number of methoxy groups -OCH3 is 1. The van der Waals surface area contributed by atoms with Gasteiger partial charge in [-0.3, -0.25) is 14.5 Å². The molecule has 0 radical (unpaired) electrons. The van der Waals surface area contributed by atoms with Gasteiger partial charge in [0, 0.05) is 6.04 Å². The number of ether oxygens (including phenoxy) is 1. The highest BCUT2D eigenvalue weighted by Gasteiger charge is 2.25. The van der Waals surface area contributed by atoms with Gasteiger partial charge in [-0.1, -0.05) is 0 Å². The van der Waals surface area contributed by atoms with Crippen LogP contribution in [0.5, 0.6) is 0 Å². The van der Waals surface area contributed by atoms with Crippen molar-refractivity contribution in [2.45, 2.75) is 39.4 Å². The van der Waals surface area contributed by atoms with Crippen LogP contribution in [0.3, 0.4) is 0 Å². The van der Waals surface area contributed by atoms with Gasteiger partial charge in [-0.2, -0.15) is 0 Å². The Bertz CT molecular complexity index is 428. The fourth-order valence-electron chi connectivity index (χ4n) is 1.87. The first kappa shape index (κ1) is 16.2. The molecule has 0 aliphatic rings. The maximum atomic E-state index is 12.1. The van der Waals surface area contributed by atoms with Crippen molar-refractivity contribution in [3.05, 3.63) is 24.2 Å². The predicted molar refractivity (Wildman–Crippen MR) is 73.9 cm³/mol. The number of nitrogens with one attached hydrogen (secondary N) is 1. The van der Waals surface area contributed by atoms with Gasteiger partial charge in [0.2, 0.25) is 5.91 Å². The normalized spacial score (nSPS) is 12.5. The van der Waals surface area contributed by atoms with Crippen LogP contribution in [-0.4, -0.2) is 42.5 Å². The lowest BCUT2D eigenvalue weighted by Crippen LogP contribution is -2.50. The average Bonchev–Trinajstić information content (AvgIpc) is 2.93. The third-order valence-corrected chi connectivity index (χ3v) is 3.10. The van der Waals surface area contributed by atoms with E-state index < -0.39 is 6.04 Å². The van der Waals surface area contributed by atoms with Crippen LogP contribution >= 0.6 is 0 Å². The van der Waals surface area contributed by atoms with Crippen LogP contribution in [0.2, 0.25) is 0 Å². The summed E-state index contributed by atoms with van der Waals surface area (Å²) < 4.78 is 9.80. The van der Waals surface area contributed by atoms with Crippen LogP contribution in [-0.2, 0) is 20.9 Å². The molecule has 1 heterocycles. The average molecular weight is 282 g/mol. The molecular weight excluding hydrogens is 260 g/mol. The molecule has 112 valence electrons. The van der Waals surface area contributed by atoms with Crippen LogP contribution in [0.25, 0.3) is 0 Å². The Kier molecular flexibility index (Phi) is 6.24. The van der Waals surface area contributed by atoms with E-state index in [9.17, 15) is 9.59 Å². The topological polar surface area (TPSA) is 71.8 Å². The monoisotopic (exact) mass is 282 g/mol. The highest BCUT2D eigenvalue weighted by atomic mass is 16.5. The Morgan fingerprint density at radius 2 is 2.10 bits per heavy atom. The standard InChI is InChI=1S/C14H22N2O4/c1-10(2)16(9-13(17)19-4)11(3)14(18)15-8-12-6-5-7-20-12/h5-7,10-11H,8-9H2,1-4H3,(H,15,18). The van der Waals surface area contributed by atoms with Crippen molar-refractivity contribution in [3.63, 3.8) is 0 Å². The molecule has 1 unspecified atom stereocenters. The molecule has 6 nitrogen and oxygen atoms in total. The molecular formula is C14H22N2O4. The van der Waals surface area contributed by atoms with E-state index in [1.54, 1.807) is 30.2 Å². The molecule has 0 aliphatic carbocycles. The van der Waals surface area contributed by atoms with Crippen molar-refractivity contribution in [2.24, 2.45) is 0 Å². The quantitative estimate of drug-likeness (QED) is 0.760. The smallest absolute Gasteiger partial charge is 0.319 e. The minimum Gasteiger partial charge on any atom is -0.468 e. The molecule has 1 aromatic heterocycles. The van der Waals surface area contributed by atoms with E-state index in [0.29, 0.717) is 12.3 Å². The Morgan fingerprint density at radius 3 is 2.60 bits per heavy atom. The minimum atomic E-state index is -0.427. The third-order valence-electron chi connectivity index (χ3n) is 3.10. The second-order valence-corrected chi connectivity index (χ2v) is 4.82. The molecule has 0 spiro atoms. The SMILES string of the molecule is COC(=O)CN(C(C)C)C(C)C(=O)NCc1ccco1. The third kappa shape index (κ3) is 4.70. The molecule has 1 amide bonds. The van der Waals surface area contributed by atoms with Gasteiger partial charge < -0.3 is 14.5 Å². The summed E-state index contributed by atoms with van der Waals surface area (Å²) >= 11 is 0. The zero-order valence-corrected chi connectivity index (χ0v) is 12.4. The van der Waals surface area contributed by atoms with Gasteiger partial charge in [-0.25, -0.2) is 0 Å². The summed E-state index contributed by atoms with van der Waals surface area (Å²) in [6.45, 7) is 6.04. The van der Waals surface area contributed by atoms with Crippen molar-refractivity contribution >= 4 is 11.9 Å². The number of esters is 1. The number of furan rings is 1. The Labute approximate surface area is 119 Å². The maximum absolute atomic E-state index is 12.1. The maximum Gasteiger partial charge on any atom is 0.319 e. The van der Waals surface area contributed by atoms with Crippen molar-refractivity contribution in [1.82, 2.24) is 10.2 Å².